The molecule has 0 saturated heterocycles. The minimum absolute atomic E-state index is 0. The first-order valence-electron chi connectivity index (χ1n) is 7.06. The van der Waals surface area contributed by atoms with Gasteiger partial charge < -0.3 is 10.6 Å². The van der Waals surface area contributed by atoms with Gasteiger partial charge in [0.2, 0.25) is 5.91 Å². The van der Waals surface area contributed by atoms with Crippen molar-refractivity contribution in [1.82, 2.24) is 5.32 Å². The summed E-state index contributed by atoms with van der Waals surface area (Å²) < 4.78 is 14.4. The molecule has 1 aliphatic heterocycles. The standard InChI is InChI=1S/C16H17FN2OS.ClH/c17-16-13-5-7-18-9-12(13)2-3-14(16)19-15(20)4-1-11-6-8-21-10-11;/h2-3,6,8,10,18H,1,4-5,7,9H2,(H,19,20);1H. The molecule has 1 aliphatic rings. The van der Waals surface area contributed by atoms with Gasteiger partial charge in [0.25, 0.3) is 0 Å². The van der Waals surface area contributed by atoms with Gasteiger partial charge in [0, 0.05) is 13.0 Å². The number of hydrogen-bond donors (Lipinski definition) is 2. The normalized spacial score (nSPS) is 13.1. The number of anilines is 1. The molecule has 2 aromatic rings. The SMILES string of the molecule is Cl.O=C(CCc1ccsc1)Nc1ccc2c(c1F)CCNC2. The number of amides is 1. The van der Waals surface area contributed by atoms with Gasteiger partial charge in [-0.2, -0.15) is 11.3 Å². The zero-order chi connectivity index (χ0) is 14.7. The van der Waals surface area contributed by atoms with Crippen LogP contribution < -0.4 is 10.6 Å². The second kappa shape index (κ2) is 7.72. The summed E-state index contributed by atoms with van der Waals surface area (Å²) in [5, 5.41) is 9.92. The van der Waals surface area contributed by atoms with E-state index in [9.17, 15) is 9.18 Å². The Kier molecular flexibility index (Phi) is 5.94. The molecular weight excluding hydrogens is 323 g/mol. The van der Waals surface area contributed by atoms with E-state index in [1.165, 1.54) is 0 Å². The maximum absolute atomic E-state index is 14.4. The van der Waals surface area contributed by atoms with Crippen LogP contribution in [-0.2, 0) is 24.2 Å². The second-order valence-corrected chi connectivity index (χ2v) is 5.95. The van der Waals surface area contributed by atoms with Crippen molar-refractivity contribution < 1.29 is 9.18 Å². The van der Waals surface area contributed by atoms with Crippen LogP contribution in [0.4, 0.5) is 10.1 Å². The highest BCUT2D eigenvalue weighted by atomic mass is 35.5. The molecule has 118 valence electrons. The molecule has 0 spiro atoms. The number of fused-ring (bicyclic) bond motifs is 1. The van der Waals surface area contributed by atoms with Gasteiger partial charge in [-0.3, -0.25) is 4.79 Å². The molecule has 3 nitrogen and oxygen atoms in total. The fraction of sp³-hybridized carbons (Fsp3) is 0.312. The Labute approximate surface area is 139 Å². The minimum Gasteiger partial charge on any atom is -0.324 e. The van der Waals surface area contributed by atoms with Gasteiger partial charge in [-0.15, -0.1) is 12.4 Å². The van der Waals surface area contributed by atoms with Crippen molar-refractivity contribution in [1.29, 1.82) is 0 Å². The van der Waals surface area contributed by atoms with Crippen LogP contribution in [0.3, 0.4) is 0 Å². The summed E-state index contributed by atoms with van der Waals surface area (Å²) in [5.74, 6) is -0.424. The van der Waals surface area contributed by atoms with E-state index in [2.05, 4.69) is 10.6 Å². The highest BCUT2D eigenvalue weighted by molar-refractivity contribution is 7.07. The number of thiophene rings is 1. The van der Waals surface area contributed by atoms with Crippen LogP contribution in [0.1, 0.15) is 23.1 Å². The Morgan fingerprint density at radius 2 is 2.23 bits per heavy atom. The summed E-state index contributed by atoms with van der Waals surface area (Å²) in [6, 6.07) is 5.55. The van der Waals surface area contributed by atoms with Crippen LogP contribution >= 0.6 is 23.7 Å². The van der Waals surface area contributed by atoms with E-state index in [1.807, 2.05) is 22.9 Å². The quantitative estimate of drug-likeness (QED) is 0.894. The van der Waals surface area contributed by atoms with E-state index in [0.29, 0.717) is 31.5 Å². The molecule has 1 amide bonds. The highest BCUT2D eigenvalue weighted by Gasteiger charge is 2.17. The van der Waals surface area contributed by atoms with E-state index >= 15 is 0 Å². The predicted molar refractivity (Wildman–Crippen MR) is 90.3 cm³/mol. The summed E-state index contributed by atoms with van der Waals surface area (Å²) in [5.41, 5.74) is 3.15. The molecule has 3 rings (SSSR count). The zero-order valence-corrected chi connectivity index (χ0v) is 13.7. The Morgan fingerprint density at radius 3 is 3.00 bits per heavy atom. The summed E-state index contributed by atoms with van der Waals surface area (Å²) in [7, 11) is 0. The fourth-order valence-electron chi connectivity index (χ4n) is 2.54. The van der Waals surface area contributed by atoms with Crippen molar-refractivity contribution in [2.45, 2.75) is 25.8 Å². The highest BCUT2D eigenvalue weighted by Crippen LogP contribution is 2.24. The first kappa shape index (κ1) is 16.9. The lowest BCUT2D eigenvalue weighted by Crippen LogP contribution is -2.25. The number of aryl methyl sites for hydroxylation is 1. The smallest absolute Gasteiger partial charge is 0.224 e. The average molecular weight is 341 g/mol. The largest absolute Gasteiger partial charge is 0.324 e. The second-order valence-electron chi connectivity index (χ2n) is 5.17. The molecule has 0 bridgehead atoms. The van der Waals surface area contributed by atoms with Crippen LogP contribution in [0.25, 0.3) is 0 Å². The Bertz CT molecular complexity index is 646. The number of rotatable bonds is 4. The lowest BCUT2D eigenvalue weighted by atomic mass is 9.99. The molecule has 0 aliphatic carbocycles. The van der Waals surface area contributed by atoms with Crippen LogP contribution in [-0.4, -0.2) is 12.5 Å². The molecule has 0 saturated carbocycles. The average Bonchev–Trinajstić information content (AvgIpc) is 3.02. The number of carbonyl (C=O) groups excluding carboxylic acids is 1. The van der Waals surface area contributed by atoms with E-state index < -0.39 is 0 Å². The zero-order valence-electron chi connectivity index (χ0n) is 12.0. The molecule has 1 aromatic carbocycles. The number of halogens is 2. The molecule has 1 aromatic heterocycles. The van der Waals surface area contributed by atoms with Crippen molar-refractivity contribution in [2.75, 3.05) is 11.9 Å². The third-order valence-electron chi connectivity index (χ3n) is 3.70. The van der Waals surface area contributed by atoms with E-state index in [4.69, 9.17) is 0 Å². The van der Waals surface area contributed by atoms with Gasteiger partial charge in [-0.25, -0.2) is 4.39 Å². The van der Waals surface area contributed by atoms with E-state index in [0.717, 1.165) is 23.2 Å². The van der Waals surface area contributed by atoms with Crippen molar-refractivity contribution in [3.05, 3.63) is 51.5 Å². The van der Waals surface area contributed by atoms with Gasteiger partial charge in [0.15, 0.2) is 0 Å². The molecule has 22 heavy (non-hydrogen) atoms. The lowest BCUT2D eigenvalue weighted by molar-refractivity contribution is -0.116. The monoisotopic (exact) mass is 340 g/mol. The van der Waals surface area contributed by atoms with Crippen molar-refractivity contribution in [3.8, 4) is 0 Å². The minimum atomic E-state index is -0.280. The van der Waals surface area contributed by atoms with Gasteiger partial charge in [0.1, 0.15) is 5.82 Å². The Balaban J connectivity index is 0.00000176. The predicted octanol–water partition coefficient (Wildman–Crippen LogP) is 3.53. The Morgan fingerprint density at radius 1 is 1.36 bits per heavy atom. The molecule has 0 radical (unpaired) electrons. The molecule has 0 unspecified atom stereocenters. The summed E-state index contributed by atoms with van der Waals surface area (Å²) in [6.45, 7) is 1.47. The first-order valence-corrected chi connectivity index (χ1v) is 8.00. The topological polar surface area (TPSA) is 41.1 Å². The van der Waals surface area contributed by atoms with E-state index in [1.54, 1.807) is 17.4 Å². The van der Waals surface area contributed by atoms with E-state index in [-0.39, 0.29) is 24.1 Å². The van der Waals surface area contributed by atoms with Crippen molar-refractivity contribution >= 4 is 35.3 Å². The van der Waals surface area contributed by atoms with Gasteiger partial charge >= 0.3 is 0 Å². The summed E-state index contributed by atoms with van der Waals surface area (Å²) in [6.07, 6.45) is 1.72. The van der Waals surface area contributed by atoms with Crippen molar-refractivity contribution in [2.24, 2.45) is 0 Å². The van der Waals surface area contributed by atoms with Gasteiger partial charge in [-0.05, 0) is 59.0 Å². The maximum Gasteiger partial charge on any atom is 0.224 e. The van der Waals surface area contributed by atoms with Crippen LogP contribution in [0.5, 0.6) is 0 Å². The number of hydrogen-bond acceptors (Lipinski definition) is 3. The molecule has 2 heterocycles. The molecular formula is C16H18ClFN2OS. The number of nitrogens with one attached hydrogen (secondary N) is 2. The molecule has 2 N–H and O–H groups in total. The summed E-state index contributed by atoms with van der Waals surface area (Å²) >= 11 is 1.62. The summed E-state index contributed by atoms with van der Waals surface area (Å²) in [4.78, 5) is 11.9. The van der Waals surface area contributed by atoms with Crippen LogP contribution in [0, 0.1) is 5.82 Å². The Hall–Kier alpha value is -1.43. The van der Waals surface area contributed by atoms with Crippen molar-refractivity contribution in [3.63, 3.8) is 0 Å². The van der Waals surface area contributed by atoms with Crippen LogP contribution in [0.2, 0.25) is 0 Å². The van der Waals surface area contributed by atoms with Gasteiger partial charge in [0.05, 0.1) is 5.69 Å². The third-order valence-corrected chi connectivity index (χ3v) is 4.43. The van der Waals surface area contributed by atoms with Gasteiger partial charge in [-0.1, -0.05) is 6.07 Å². The maximum atomic E-state index is 14.4. The van der Waals surface area contributed by atoms with Crippen LogP contribution in [0.15, 0.2) is 29.0 Å². The number of benzene rings is 1. The molecule has 0 atom stereocenters. The molecule has 0 fully saturated rings. The number of carbonyl (C=O) groups is 1. The first-order chi connectivity index (χ1) is 10.2. The fourth-order valence-corrected chi connectivity index (χ4v) is 3.24. The third kappa shape index (κ3) is 3.85. The lowest BCUT2D eigenvalue weighted by Gasteiger charge is -2.19. The molecule has 6 heteroatoms.